The van der Waals surface area contributed by atoms with Gasteiger partial charge in [-0.05, 0) is 32.1 Å². The van der Waals surface area contributed by atoms with E-state index >= 15 is 0 Å². The molecule has 2 fully saturated rings. The second kappa shape index (κ2) is 3.14. The molecule has 1 heteroatoms. The van der Waals surface area contributed by atoms with Gasteiger partial charge in [-0.1, -0.05) is 19.3 Å². The fourth-order valence-electron chi connectivity index (χ4n) is 2.04. The summed E-state index contributed by atoms with van der Waals surface area (Å²) in [6.45, 7) is 2.18. The van der Waals surface area contributed by atoms with Crippen molar-refractivity contribution < 1.29 is 4.74 Å². The van der Waals surface area contributed by atoms with Crippen LogP contribution in [0, 0.1) is 12.3 Å². The van der Waals surface area contributed by atoms with Gasteiger partial charge in [0.2, 0.25) is 0 Å². The molecule has 0 aromatic heterocycles. The average molecular weight is 153 g/mol. The van der Waals surface area contributed by atoms with Crippen LogP contribution in [0.3, 0.4) is 0 Å². The van der Waals surface area contributed by atoms with E-state index < -0.39 is 0 Å². The SMILES string of the molecule is CC1OC1CC1C[CH]CCC1. The van der Waals surface area contributed by atoms with Crippen LogP contribution < -0.4 is 0 Å². The summed E-state index contributed by atoms with van der Waals surface area (Å²) in [5.41, 5.74) is 0. The quantitative estimate of drug-likeness (QED) is 0.555. The number of rotatable bonds is 2. The number of hydrogen-bond acceptors (Lipinski definition) is 1. The van der Waals surface area contributed by atoms with E-state index in [1.54, 1.807) is 0 Å². The van der Waals surface area contributed by atoms with Gasteiger partial charge in [0.25, 0.3) is 0 Å². The topological polar surface area (TPSA) is 12.5 Å². The summed E-state index contributed by atoms with van der Waals surface area (Å²) < 4.78 is 5.41. The Bertz CT molecular complexity index is 127. The summed E-state index contributed by atoms with van der Waals surface area (Å²) in [6.07, 6.45) is 10.5. The molecule has 63 valence electrons. The lowest BCUT2D eigenvalue weighted by atomic mass is 9.86. The van der Waals surface area contributed by atoms with E-state index in [0.717, 1.165) is 5.92 Å². The first-order valence-electron chi connectivity index (χ1n) is 4.83. The van der Waals surface area contributed by atoms with E-state index in [4.69, 9.17) is 4.74 Å². The van der Waals surface area contributed by atoms with Crippen molar-refractivity contribution in [2.45, 2.75) is 51.2 Å². The molecule has 1 heterocycles. The van der Waals surface area contributed by atoms with E-state index in [9.17, 15) is 0 Å². The Labute approximate surface area is 69.1 Å². The molecule has 2 aliphatic rings. The molecule has 1 saturated carbocycles. The average Bonchev–Trinajstić information content (AvgIpc) is 2.69. The van der Waals surface area contributed by atoms with Gasteiger partial charge in [0.05, 0.1) is 12.2 Å². The molecule has 0 aromatic carbocycles. The fraction of sp³-hybridized carbons (Fsp3) is 0.900. The largest absolute Gasteiger partial charge is 0.370 e. The minimum Gasteiger partial charge on any atom is -0.370 e. The molecule has 2 rings (SSSR count). The zero-order chi connectivity index (χ0) is 7.68. The Hall–Kier alpha value is -0.0400. The summed E-state index contributed by atoms with van der Waals surface area (Å²) in [4.78, 5) is 0. The predicted molar refractivity (Wildman–Crippen MR) is 45.2 cm³/mol. The molecule has 0 amide bonds. The van der Waals surface area contributed by atoms with Gasteiger partial charge in [-0.25, -0.2) is 0 Å². The Morgan fingerprint density at radius 1 is 1.55 bits per heavy atom. The van der Waals surface area contributed by atoms with Crippen LogP contribution in [0.5, 0.6) is 0 Å². The summed E-state index contributed by atoms with van der Waals surface area (Å²) in [5, 5.41) is 0. The highest BCUT2D eigenvalue weighted by molar-refractivity contribution is 4.86. The molecule has 0 spiro atoms. The van der Waals surface area contributed by atoms with Gasteiger partial charge in [0.15, 0.2) is 0 Å². The first-order chi connectivity index (χ1) is 5.36. The van der Waals surface area contributed by atoms with Crippen molar-refractivity contribution in [2.24, 2.45) is 5.92 Å². The number of epoxide rings is 1. The Kier molecular flexibility index (Phi) is 2.17. The highest BCUT2D eigenvalue weighted by atomic mass is 16.6. The van der Waals surface area contributed by atoms with Gasteiger partial charge in [0, 0.05) is 0 Å². The molecule has 1 nitrogen and oxygen atoms in total. The fourth-order valence-corrected chi connectivity index (χ4v) is 2.04. The van der Waals surface area contributed by atoms with Crippen LogP contribution in [0.4, 0.5) is 0 Å². The molecule has 11 heavy (non-hydrogen) atoms. The molecule has 1 aliphatic carbocycles. The lowest BCUT2D eigenvalue weighted by Gasteiger charge is -2.19. The van der Waals surface area contributed by atoms with Crippen LogP contribution in [0.25, 0.3) is 0 Å². The molecule has 3 unspecified atom stereocenters. The second-order valence-corrected chi connectivity index (χ2v) is 3.94. The Morgan fingerprint density at radius 2 is 2.36 bits per heavy atom. The molecule has 0 aromatic rings. The van der Waals surface area contributed by atoms with Gasteiger partial charge in [-0.2, -0.15) is 0 Å². The Morgan fingerprint density at radius 3 is 2.91 bits per heavy atom. The molecular weight excluding hydrogens is 136 g/mol. The second-order valence-electron chi connectivity index (χ2n) is 3.94. The molecule has 0 N–H and O–H groups in total. The van der Waals surface area contributed by atoms with Gasteiger partial charge < -0.3 is 4.74 Å². The van der Waals surface area contributed by atoms with Gasteiger partial charge >= 0.3 is 0 Å². The van der Waals surface area contributed by atoms with Gasteiger partial charge in [-0.3, -0.25) is 0 Å². The molecular formula is C10H17O. The van der Waals surface area contributed by atoms with Crippen molar-refractivity contribution in [3.05, 3.63) is 6.42 Å². The molecule has 1 radical (unpaired) electrons. The van der Waals surface area contributed by atoms with Crippen LogP contribution in [-0.2, 0) is 4.74 Å². The maximum absolute atomic E-state index is 5.41. The van der Waals surface area contributed by atoms with Crippen LogP contribution in [-0.4, -0.2) is 12.2 Å². The highest BCUT2D eigenvalue weighted by Gasteiger charge is 2.35. The van der Waals surface area contributed by atoms with Crippen molar-refractivity contribution >= 4 is 0 Å². The third-order valence-electron chi connectivity index (χ3n) is 2.92. The molecule has 3 atom stereocenters. The number of ether oxygens (including phenoxy) is 1. The molecule has 1 saturated heterocycles. The summed E-state index contributed by atoms with van der Waals surface area (Å²) >= 11 is 0. The maximum atomic E-state index is 5.41. The van der Waals surface area contributed by atoms with E-state index in [0.29, 0.717) is 12.2 Å². The van der Waals surface area contributed by atoms with E-state index in [1.165, 1.54) is 32.1 Å². The molecule has 1 aliphatic heterocycles. The third-order valence-corrected chi connectivity index (χ3v) is 2.92. The summed E-state index contributed by atoms with van der Waals surface area (Å²) in [5.74, 6) is 0.943. The van der Waals surface area contributed by atoms with Crippen LogP contribution in [0.1, 0.15) is 39.0 Å². The summed E-state index contributed by atoms with van der Waals surface area (Å²) in [7, 11) is 0. The van der Waals surface area contributed by atoms with Crippen LogP contribution in [0.2, 0.25) is 0 Å². The summed E-state index contributed by atoms with van der Waals surface area (Å²) in [6, 6.07) is 0. The standard InChI is InChI=1S/C10H17O/c1-8-10(11-8)7-9-5-3-2-4-6-9/h3,8-10H,2,4-7H2,1H3. The van der Waals surface area contributed by atoms with Crippen LogP contribution >= 0.6 is 0 Å². The van der Waals surface area contributed by atoms with Crippen molar-refractivity contribution in [3.63, 3.8) is 0 Å². The van der Waals surface area contributed by atoms with E-state index in [1.807, 2.05) is 0 Å². The first kappa shape index (κ1) is 7.60. The predicted octanol–water partition coefficient (Wildman–Crippen LogP) is 2.56. The maximum Gasteiger partial charge on any atom is 0.0841 e. The van der Waals surface area contributed by atoms with E-state index in [-0.39, 0.29) is 0 Å². The zero-order valence-corrected chi connectivity index (χ0v) is 7.25. The van der Waals surface area contributed by atoms with Crippen LogP contribution in [0.15, 0.2) is 0 Å². The van der Waals surface area contributed by atoms with Gasteiger partial charge in [-0.15, -0.1) is 0 Å². The smallest absolute Gasteiger partial charge is 0.0841 e. The minimum atomic E-state index is 0.567. The zero-order valence-electron chi connectivity index (χ0n) is 7.25. The monoisotopic (exact) mass is 153 g/mol. The van der Waals surface area contributed by atoms with E-state index in [2.05, 4.69) is 13.3 Å². The lowest BCUT2D eigenvalue weighted by Crippen LogP contribution is -2.09. The third kappa shape index (κ3) is 1.96. The first-order valence-corrected chi connectivity index (χ1v) is 4.83. The normalized spacial score (nSPS) is 39.0. The Balaban J connectivity index is 1.68. The van der Waals surface area contributed by atoms with Crippen molar-refractivity contribution in [1.82, 2.24) is 0 Å². The highest BCUT2D eigenvalue weighted by Crippen LogP contribution is 2.34. The minimum absolute atomic E-state index is 0.567. The van der Waals surface area contributed by atoms with Crippen molar-refractivity contribution in [1.29, 1.82) is 0 Å². The molecule has 0 bridgehead atoms. The van der Waals surface area contributed by atoms with Crippen molar-refractivity contribution in [3.8, 4) is 0 Å². The van der Waals surface area contributed by atoms with Gasteiger partial charge in [0.1, 0.15) is 0 Å². The number of hydrogen-bond donors (Lipinski definition) is 0. The van der Waals surface area contributed by atoms with Crippen molar-refractivity contribution in [2.75, 3.05) is 0 Å². The lowest BCUT2D eigenvalue weighted by molar-refractivity contribution is 0.312.